The highest BCUT2D eigenvalue weighted by Gasteiger charge is 2.14. The van der Waals surface area contributed by atoms with Crippen LogP contribution in [0, 0.1) is 0 Å². The van der Waals surface area contributed by atoms with Crippen LogP contribution in [0.25, 0.3) is 11.3 Å². The van der Waals surface area contributed by atoms with Gasteiger partial charge in [-0.2, -0.15) is 0 Å². The number of ether oxygens (including phenoxy) is 1. The van der Waals surface area contributed by atoms with Crippen molar-refractivity contribution < 1.29 is 13.5 Å². The average Bonchev–Trinajstić information content (AvgIpc) is 2.52. The number of nitrogens with zero attached hydrogens (tertiary/aromatic N) is 2. The van der Waals surface area contributed by atoms with Gasteiger partial charge in [0.25, 0.3) is 6.43 Å². The van der Waals surface area contributed by atoms with Crippen LogP contribution in [-0.4, -0.2) is 29.4 Å². The molecule has 0 radical (unpaired) electrons. The van der Waals surface area contributed by atoms with E-state index in [1.54, 1.807) is 31.4 Å². The first-order valence-electron chi connectivity index (χ1n) is 6.28. The Morgan fingerprint density at radius 2 is 2.10 bits per heavy atom. The molecule has 0 bridgehead atoms. The largest absolute Gasteiger partial charge is 0.497 e. The molecule has 0 fully saturated rings. The highest BCUT2D eigenvalue weighted by Crippen LogP contribution is 2.28. The zero-order valence-electron chi connectivity index (χ0n) is 11.4. The normalized spacial score (nSPS) is 10.9. The Balaban J connectivity index is 2.43. The van der Waals surface area contributed by atoms with E-state index in [9.17, 15) is 8.78 Å². The number of aromatic nitrogens is 2. The molecule has 7 heteroatoms. The van der Waals surface area contributed by atoms with Crippen LogP contribution < -0.4 is 10.5 Å². The van der Waals surface area contributed by atoms with Gasteiger partial charge in [-0.05, 0) is 18.2 Å². The van der Waals surface area contributed by atoms with Crippen LogP contribution in [0.1, 0.15) is 12.1 Å². The first-order chi connectivity index (χ1) is 10.1. The summed E-state index contributed by atoms with van der Waals surface area (Å²) in [5.74, 6) is 1.21. The Morgan fingerprint density at radius 1 is 1.29 bits per heavy atom. The molecule has 0 aliphatic rings. The number of halogens is 2. The summed E-state index contributed by atoms with van der Waals surface area (Å²) in [5, 5.41) is 0.302. The number of thioether (sulfide) groups is 1. The zero-order valence-corrected chi connectivity index (χ0v) is 12.2. The van der Waals surface area contributed by atoms with Gasteiger partial charge in [0.2, 0.25) is 0 Å². The van der Waals surface area contributed by atoms with Crippen LogP contribution >= 0.6 is 11.8 Å². The quantitative estimate of drug-likeness (QED) is 0.656. The van der Waals surface area contributed by atoms with E-state index in [4.69, 9.17) is 10.5 Å². The molecule has 0 atom stereocenters. The highest BCUT2D eigenvalue weighted by molar-refractivity contribution is 7.99. The van der Waals surface area contributed by atoms with E-state index in [-0.39, 0.29) is 5.69 Å². The number of methoxy groups -OCH3 is 1. The van der Waals surface area contributed by atoms with Gasteiger partial charge in [-0.1, -0.05) is 23.9 Å². The lowest BCUT2D eigenvalue weighted by molar-refractivity contribution is 0.145. The number of nitrogens with two attached hydrogens (primary N) is 1. The summed E-state index contributed by atoms with van der Waals surface area (Å²) in [6.45, 7) is 0.432. The third-order valence-electron chi connectivity index (χ3n) is 2.66. The minimum absolute atomic E-state index is 0.289. The van der Waals surface area contributed by atoms with E-state index in [1.807, 2.05) is 0 Å². The molecule has 0 spiro atoms. The predicted octanol–water partition coefficient (Wildman–Crippen LogP) is 3.14. The minimum atomic E-state index is -2.64. The molecule has 1 aromatic carbocycles. The molecule has 2 rings (SSSR count). The van der Waals surface area contributed by atoms with Crippen molar-refractivity contribution in [2.24, 2.45) is 5.73 Å². The molecule has 0 amide bonds. The second-order valence-corrected chi connectivity index (χ2v) is 5.19. The molecule has 0 aliphatic carbocycles. The smallest absolute Gasteiger partial charge is 0.280 e. The van der Waals surface area contributed by atoms with E-state index in [0.717, 1.165) is 0 Å². The summed E-state index contributed by atoms with van der Waals surface area (Å²) < 4.78 is 31.1. The molecule has 21 heavy (non-hydrogen) atoms. The van der Waals surface area contributed by atoms with Crippen molar-refractivity contribution in [2.45, 2.75) is 11.6 Å². The van der Waals surface area contributed by atoms with Gasteiger partial charge in [0.15, 0.2) is 5.16 Å². The number of hydrogen-bond donors (Lipinski definition) is 1. The fourth-order valence-corrected chi connectivity index (χ4v) is 2.33. The van der Waals surface area contributed by atoms with Gasteiger partial charge in [0.1, 0.15) is 11.4 Å². The monoisotopic (exact) mass is 311 g/mol. The van der Waals surface area contributed by atoms with Gasteiger partial charge in [-0.25, -0.2) is 18.7 Å². The predicted molar refractivity (Wildman–Crippen MR) is 78.8 cm³/mol. The maximum Gasteiger partial charge on any atom is 0.280 e. The van der Waals surface area contributed by atoms with Gasteiger partial charge in [0, 0.05) is 17.9 Å². The summed E-state index contributed by atoms with van der Waals surface area (Å²) in [4.78, 5) is 8.16. The molecule has 2 N–H and O–H groups in total. The van der Waals surface area contributed by atoms with E-state index in [0.29, 0.717) is 34.5 Å². The van der Waals surface area contributed by atoms with Crippen molar-refractivity contribution in [1.29, 1.82) is 0 Å². The summed E-state index contributed by atoms with van der Waals surface area (Å²) in [6, 6.07) is 8.40. The number of alkyl halides is 2. The van der Waals surface area contributed by atoms with E-state index < -0.39 is 6.43 Å². The first kappa shape index (κ1) is 15.7. The van der Waals surface area contributed by atoms with Crippen LogP contribution in [0.2, 0.25) is 0 Å². The molecular formula is C14H15F2N3OS. The molecule has 0 saturated carbocycles. The Hall–Kier alpha value is -1.73. The molecule has 1 aromatic heterocycles. The van der Waals surface area contributed by atoms with Crippen molar-refractivity contribution in [3.05, 3.63) is 36.0 Å². The van der Waals surface area contributed by atoms with Crippen LogP contribution in [0.4, 0.5) is 8.78 Å². The second kappa shape index (κ2) is 7.33. The number of rotatable bonds is 6. The van der Waals surface area contributed by atoms with Gasteiger partial charge < -0.3 is 10.5 Å². The van der Waals surface area contributed by atoms with Crippen molar-refractivity contribution in [3.8, 4) is 17.0 Å². The molecular weight excluding hydrogens is 296 g/mol. The second-order valence-electron chi connectivity index (χ2n) is 4.13. The molecule has 0 aliphatic heterocycles. The van der Waals surface area contributed by atoms with Crippen molar-refractivity contribution in [3.63, 3.8) is 0 Å². The molecule has 2 aromatic rings. The van der Waals surface area contributed by atoms with Crippen LogP contribution in [0.5, 0.6) is 5.75 Å². The molecule has 0 saturated heterocycles. The number of hydrogen-bond acceptors (Lipinski definition) is 5. The van der Waals surface area contributed by atoms with Crippen molar-refractivity contribution >= 4 is 11.8 Å². The van der Waals surface area contributed by atoms with E-state index in [2.05, 4.69) is 9.97 Å². The lowest BCUT2D eigenvalue weighted by Gasteiger charge is -2.08. The molecule has 1 heterocycles. The number of benzene rings is 1. The maximum absolute atomic E-state index is 13.0. The first-order valence-corrected chi connectivity index (χ1v) is 7.27. The van der Waals surface area contributed by atoms with Crippen LogP contribution in [-0.2, 0) is 0 Å². The molecule has 0 unspecified atom stereocenters. The minimum Gasteiger partial charge on any atom is -0.497 e. The van der Waals surface area contributed by atoms with Crippen LogP contribution in [0.3, 0.4) is 0 Å². The fourth-order valence-electron chi connectivity index (χ4n) is 1.70. The summed E-state index contributed by atoms with van der Waals surface area (Å²) in [7, 11) is 1.55. The Kier molecular flexibility index (Phi) is 5.46. The topological polar surface area (TPSA) is 61.0 Å². The fraction of sp³-hybridized carbons (Fsp3) is 0.286. The summed E-state index contributed by atoms with van der Waals surface area (Å²) >= 11 is 1.26. The Bertz CT molecular complexity index is 611. The SMILES string of the molecule is COc1cccc(-c2cc(C(F)F)nc(SCCN)n2)c1. The van der Waals surface area contributed by atoms with E-state index >= 15 is 0 Å². The van der Waals surface area contributed by atoms with Crippen LogP contribution in [0.15, 0.2) is 35.5 Å². The van der Waals surface area contributed by atoms with Gasteiger partial charge in [-0.3, -0.25) is 0 Å². The van der Waals surface area contributed by atoms with Crippen molar-refractivity contribution in [1.82, 2.24) is 9.97 Å². The van der Waals surface area contributed by atoms with Gasteiger partial charge in [-0.15, -0.1) is 0 Å². The van der Waals surface area contributed by atoms with E-state index in [1.165, 1.54) is 17.8 Å². The molecule has 112 valence electrons. The lowest BCUT2D eigenvalue weighted by atomic mass is 10.1. The summed E-state index contributed by atoms with van der Waals surface area (Å²) in [6.07, 6.45) is -2.64. The Morgan fingerprint density at radius 3 is 2.76 bits per heavy atom. The highest BCUT2D eigenvalue weighted by atomic mass is 32.2. The lowest BCUT2D eigenvalue weighted by Crippen LogP contribution is -2.03. The van der Waals surface area contributed by atoms with Crippen molar-refractivity contribution in [2.75, 3.05) is 19.4 Å². The van der Waals surface area contributed by atoms with Gasteiger partial charge >= 0.3 is 0 Å². The maximum atomic E-state index is 13.0. The third-order valence-corrected chi connectivity index (χ3v) is 3.54. The average molecular weight is 311 g/mol. The Labute approximate surface area is 125 Å². The molecule has 4 nitrogen and oxygen atoms in total. The third kappa shape index (κ3) is 4.12. The summed E-state index contributed by atoms with van der Waals surface area (Å²) in [5.41, 5.74) is 6.28. The van der Waals surface area contributed by atoms with Gasteiger partial charge in [0.05, 0.1) is 12.8 Å². The standard InChI is InChI=1S/C14H15F2N3OS/c1-20-10-4-2-3-9(7-10)11-8-12(13(15)16)19-14(18-11)21-6-5-17/h2-4,7-8,13H,5-6,17H2,1H3. The zero-order chi connectivity index (χ0) is 15.2.